The third-order valence-corrected chi connectivity index (χ3v) is 7.86. The summed E-state index contributed by atoms with van der Waals surface area (Å²) >= 11 is 18.7. The lowest BCUT2D eigenvalue weighted by Crippen LogP contribution is -2.46. The number of aliphatic imine (C=N–C) groups is 1. The number of carbonyl (C=O) groups excluding carboxylic acids is 2. The van der Waals surface area contributed by atoms with Crippen LogP contribution in [0.1, 0.15) is 48.3 Å². The first-order valence-electron chi connectivity index (χ1n) is 13.8. The van der Waals surface area contributed by atoms with Gasteiger partial charge in [-0.1, -0.05) is 53.0 Å². The predicted octanol–water partition coefficient (Wildman–Crippen LogP) is 6.70. The van der Waals surface area contributed by atoms with E-state index in [2.05, 4.69) is 25.4 Å². The Morgan fingerprint density at radius 2 is 1.91 bits per heavy atom. The van der Waals surface area contributed by atoms with Gasteiger partial charge in [0.25, 0.3) is 5.91 Å². The van der Waals surface area contributed by atoms with E-state index in [4.69, 9.17) is 45.3 Å². The molecule has 1 atom stereocenters. The third-order valence-electron chi connectivity index (χ3n) is 6.89. The van der Waals surface area contributed by atoms with Crippen molar-refractivity contribution in [1.82, 2.24) is 30.0 Å². The van der Waals surface area contributed by atoms with Crippen molar-refractivity contribution >= 4 is 52.8 Å². The van der Waals surface area contributed by atoms with Gasteiger partial charge >= 0.3 is 12.6 Å². The summed E-state index contributed by atoms with van der Waals surface area (Å²) in [6, 6.07) is 10.2. The van der Waals surface area contributed by atoms with Crippen LogP contribution in [0.3, 0.4) is 0 Å². The molecule has 0 aliphatic heterocycles. The van der Waals surface area contributed by atoms with Crippen molar-refractivity contribution in [3.05, 3.63) is 81.3 Å². The Balaban J connectivity index is 1.52. The Hall–Kier alpha value is -4.20. The maximum atomic E-state index is 14.1. The number of guanidine groups is 1. The van der Waals surface area contributed by atoms with E-state index in [9.17, 15) is 18.4 Å². The highest BCUT2D eigenvalue weighted by Crippen LogP contribution is 2.34. The average Bonchev–Trinajstić information content (AvgIpc) is 3.56. The molecule has 11 nitrogen and oxygen atoms in total. The predicted molar refractivity (Wildman–Crippen MR) is 167 cm³/mol. The van der Waals surface area contributed by atoms with Gasteiger partial charge < -0.3 is 20.8 Å². The fourth-order valence-electron chi connectivity index (χ4n) is 4.48. The molecule has 2 aromatic carbocycles. The monoisotopic (exact) mass is 678 g/mol. The second-order valence-corrected chi connectivity index (χ2v) is 11.2. The lowest BCUT2D eigenvalue weighted by Gasteiger charge is -2.31. The number of hydrogen-bond donors (Lipinski definition) is 3. The van der Waals surface area contributed by atoms with Crippen LogP contribution in [0.4, 0.5) is 13.6 Å². The van der Waals surface area contributed by atoms with Crippen molar-refractivity contribution in [2.75, 3.05) is 13.2 Å². The van der Waals surface area contributed by atoms with Crippen LogP contribution in [-0.2, 0) is 4.74 Å². The normalized spacial score (nSPS) is 14.0. The smallest absolute Gasteiger partial charge is 0.407 e. The van der Waals surface area contributed by atoms with Gasteiger partial charge in [0, 0.05) is 35.5 Å². The molecular formula is C29H27Cl3F2N8O3. The van der Waals surface area contributed by atoms with E-state index in [-0.39, 0.29) is 46.8 Å². The fourth-order valence-corrected chi connectivity index (χ4v) is 4.95. The summed E-state index contributed by atoms with van der Waals surface area (Å²) in [6.45, 7) is -1.07. The van der Waals surface area contributed by atoms with Crippen molar-refractivity contribution in [2.45, 2.75) is 38.4 Å². The highest BCUT2D eigenvalue weighted by molar-refractivity contribution is 6.40. The molecule has 1 fully saturated rings. The molecule has 0 saturated heterocycles. The number of hydrogen-bond acceptors (Lipinski definition) is 6. The van der Waals surface area contributed by atoms with Crippen molar-refractivity contribution in [3.8, 4) is 22.5 Å². The van der Waals surface area contributed by atoms with E-state index in [1.165, 1.54) is 29.4 Å². The van der Waals surface area contributed by atoms with Gasteiger partial charge in [-0.3, -0.25) is 14.7 Å². The minimum absolute atomic E-state index is 0.0438. The number of nitrogens with one attached hydrogen (secondary N) is 2. The van der Waals surface area contributed by atoms with Crippen LogP contribution in [-0.4, -0.2) is 61.8 Å². The molecule has 0 spiro atoms. The molecule has 2 heterocycles. The molecule has 1 saturated carbocycles. The van der Waals surface area contributed by atoms with Crippen LogP contribution >= 0.6 is 34.8 Å². The first-order valence-corrected chi connectivity index (χ1v) is 14.9. The number of H-pyrrole nitrogens is 1. The first-order chi connectivity index (χ1) is 21.5. The first kappa shape index (κ1) is 32.2. The number of amides is 2. The number of aromatic nitrogens is 4. The van der Waals surface area contributed by atoms with E-state index in [1.54, 1.807) is 37.3 Å². The topological polar surface area (TPSA) is 144 Å². The van der Waals surface area contributed by atoms with Crippen molar-refractivity contribution in [2.24, 2.45) is 10.7 Å². The van der Waals surface area contributed by atoms with Crippen LogP contribution < -0.4 is 11.1 Å². The third kappa shape index (κ3) is 7.55. The number of aromatic amines is 1. The number of halogens is 5. The fraction of sp³-hybridized carbons (Fsp3) is 0.276. The summed E-state index contributed by atoms with van der Waals surface area (Å²) in [7, 11) is 0. The molecule has 1 aliphatic carbocycles. The summed E-state index contributed by atoms with van der Waals surface area (Å²) in [5.74, 6) is -0.403. The Morgan fingerprint density at radius 3 is 2.51 bits per heavy atom. The van der Waals surface area contributed by atoms with E-state index >= 15 is 0 Å². The van der Waals surface area contributed by atoms with Gasteiger partial charge in [0.15, 0.2) is 11.1 Å². The highest BCUT2D eigenvalue weighted by Gasteiger charge is 2.32. The Bertz CT molecular complexity index is 1700. The molecule has 45 heavy (non-hydrogen) atoms. The minimum atomic E-state index is -2.78. The van der Waals surface area contributed by atoms with Crippen LogP contribution in [0.2, 0.25) is 15.3 Å². The molecule has 0 unspecified atom stereocenters. The lowest BCUT2D eigenvalue weighted by atomic mass is 10.0. The lowest BCUT2D eigenvalue weighted by molar-refractivity contribution is 0.0566. The standard InChI is InChI=1S/C29H27Cl3F2N8O3/c1-2-36-28(35)42(26(43)16-5-3-15(4-6-16)18-12-37-41(13-18)27(33)34)22(14-45-29(44)38-19-8-9-19)17-7-10-21(30)20(11-17)25-39-23(31)24(32)40-25/h3-7,10-13,19,22,27H,2,8-9,14H2,1H3,(H2,35,36)(H,38,44)(H,39,40)/t22-/m1/s1. The molecule has 0 radical (unpaired) electrons. The molecule has 1 aliphatic rings. The number of benzene rings is 2. The SMILES string of the molecule is CCN=C(N)N(C(=O)c1ccc(-c2cnn(C(F)F)c2)cc1)[C@H](COC(=O)NC1CC1)c1ccc(Cl)c(-c2nc(Cl)c(Cl)[nH]2)c1. The number of nitrogens with two attached hydrogens (primary N) is 1. The number of rotatable bonds is 10. The van der Waals surface area contributed by atoms with Crippen LogP contribution in [0, 0.1) is 0 Å². The van der Waals surface area contributed by atoms with Gasteiger partial charge in [-0.2, -0.15) is 13.9 Å². The molecule has 2 aromatic heterocycles. The van der Waals surface area contributed by atoms with Crippen molar-refractivity contribution in [3.63, 3.8) is 0 Å². The largest absolute Gasteiger partial charge is 0.447 e. The molecule has 5 rings (SSSR count). The maximum Gasteiger partial charge on any atom is 0.407 e. The van der Waals surface area contributed by atoms with E-state index in [1.807, 2.05) is 0 Å². The summed E-state index contributed by atoms with van der Waals surface area (Å²) in [4.78, 5) is 39.3. The molecule has 0 bridgehead atoms. The number of imidazole rings is 1. The second-order valence-electron chi connectivity index (χ2n) is 10.0. The van der Waals surface area contributed by atoms with Crippen molar-refractivity contribution in [1.29, 1.82) is 0 Å². The average molecular weight is 680 g/mol. The number of alkyl carbamates (subject to hydrolysis) is 1. The summed E-state index contributed by atoms with van der Waals surface area (Å²) in [5.41, 5.74) is 8.51. The summed E-state index contributed by atoms with van der Waals surface area (Å²) < 4.78 is 32.1. The zero-order chi connectivity index (χ0) is 32.2. The quantitative estimate of drug-likeness (QED) is 0.126. The van der Waals surface area contributed by atoms with E-state index in [0.29, 0.717) is 32.0 Å². The minimum Gasteiger partial charge on any atom is -0.447 e. The van der Waals surface area contributed by atoms with Crippen LogP contribution in [0.15, 0.2) is 59.9 Å². The van der Waals surface area contributed by atoms with Gasteiger partial charge in [0.1, 0.15) is 17.6 Å². The highest BCUT2D eigenvalue weighted by atomic mass is 35.5. The zero-order valence-corrected chi connectivity index (χ0v) is 26.0. The Kier molecular flexibility index (Phi) is 9.90. The summed E-state index contributed by atoms with van der Waals surface area (Å²) in [6.07, 6.45) is 3.57. The second kappa shape index (κ2) is 13.8. The van der Waals surface area contributed by atoms with Gasteiger partial charge in [0.05, 0.1) is 17.3 Å². The number of alkyl halides is 2. The van der Waals surface area contributed by atoms with Crippen LogP contribution in [0.5, 0.6) is 0 Å². The van der Waals surface area contributed by atoms with Crippen LogP contribution in [0.25, 0.3) is 22.5 Å². The van der Waals surface area contributed by atoms with Gasteiger partial charge in [-0.25, -0.2) is 14.5 Å². The number of ether oxygens (including phenoxy) is 1. The number of carbonyl (C=O) groups is 2. The molecule has 236 valence electrons. The molecule has 2 amide bonds. The van der Waals surface area contributed by atoms with E-state index in [0.717, 1.165) is 12.8 Å². The Labute approximate surface area is 271 Å². The molecule has 4 N–H and O–H groups in total. The van der Waals surface area contributed by atoms with Crippen molar-refractivity contribution < 1.29 is 23.1 Å². The van der Waals surface area contributed by atoms with Gasteiger partial charge in [0.2, 0.25) is 0 Å². The molecular weight excluding hydrogens is 653 g/mol. The summed E-state index contributed by atoms with van der Waals surface area (Å²) in [5, 5.41) is 6.89. The molecule has 16 heteroatoms. The zero-order valence-electron chi connectivity index (χ0n) is 23.7. The van der Waals surface area contributed by atoms with Gasteiger partial charge in [-0.05, 0) is 55.2 Å². The van der Waals surface area contributed by atoms with Gasteiger partial charge in [-0.15, -0.1) is 0 Å². The maximum absolute atomic E-state index is 14.1. The number of nitrogens with zero attached hydrogens (tertiary/aromatic N) is 5. The Morgan fingerprint density at radius 1 is 1.18 bits per heavy atom. The molecule has 4 aromatic rings. The van der Waals surface area contributed by atoms with E-state index < -0.39 is 24.6 Å².